The lowest BCUT2D eigenvalue weighted by Crippen LogP contribution is -2.11. The van der Waals surface area contributed by atoms with Gasteiger partial charge in [0.25, 0.3) is 0 Å². The van der Waals surface area contributed by atoms with Crippen LogP contribution in [0, 0.1) is 12.8 Å². The number of fused-ring (bicyclic) bond motifs is 6. The van der Waals surface area contributed by atoms with Gasteiger partial charge in [0.05, 0.1) is 5.69 Å². The van der Waals surface area contributed by atoms with E-state index in [9.17, 15) is 0 Å². The van der Waals surface area contributed by atoms with Gasteiger partial charge in [-0.1, -0.05) is 34.6 Å². The predicted octanol–water partition coefficient (Wildman–Crippen LogP) is 9.88. The van der Waals surface area contributed by atoms with Crippen molar-refractivity contribution in [2.45, 2.75) is 53.4 Å². The average Bonchev–Trinajstić information content (AvgIpc) is 3.47. The third-order valence-electron chi connectivity index (χ3n) is 6.78. The topological polar surface area (TPSA) is 26.0 Å². The van der Waals surface area contributed by atoms with Crippen molar-refractivity contribution >= 4 is 63.9 Å². The molecule has 0 saturated heterocycles. The summed E-state index contributed by atoms with van der Waals surface area (Å²) >= 11 is 3.66. The molecule has 4 heteroatoms. The number of furan rings is 1. The van der Waals surface area contributed by atoms with Gasteiger partial charge in [-0.05, 0) is 76.5 Å². The second kappa shape index (κ2) is 7.66. The van der Waals surface area contributed by atoms with Crippen molar-refractivity contribution in [3.63, 3.8) is 0 Å². The summed E-state index contributed by atoms with van der Waals surface area (Å²) in [6, 6.07) is 13.5. The second-order valence-corrected chi connectivity index (χ2v) is 12.8. The Labute approximate surface area is 208 Å². The zero-order chi connectivity index (χ0) is 23.8. The molecule has 0 amide bonds. The fraction of sp³-hybridized carbons (Fsp3) is 0.300. The Bertz CT molecular complexity index is 1710. The zero-order valence-corrected chi connectivity index (χ0v) is 22.2. The summed E-state index contributed by atoms with van der Waals surface area (Å²) in [5.41, 5.74) is 5.95. The van der Waals surface area contributed by atoms with Gasteiger partial charge in [0, 0.05) is 48.4 Å². The lowest BCUT2D eigenvalue weighted by atomic mass is 9.84. The van der Waals surface area contributed by atoms with Crippen LogP contribution in [-0.4, -0.2) is 4.98 Å². The molecular formula is C30H29NOS2. The minimum Gasteiger partial charge on any atom is -0.460 e. The van der Waals surface area contributed by atoms with Crippen LogP contribution < -0.4 is 0 Å². The number of aromatic nitrogens is 1. The van der Waals surface area contributed by atoms with Crippen molar-refractivity contribution in [1.29, 1.82) is 0 Å². The number of rotatable bonds is 3. The Hall–Kier alpha value is -2.69. The van der Waals surface area contributed by atoms with Crippen LogP contribution in [-0.2, 0) is 11.8 Å². The van der Waals surface area contributed by atoms with Gasteiger partial charge < -0.3 is 4.42 Å². The van der Waals surface area contributed by atoms with Crippen molar-refractivity contribution in [2.75, 3.05) is 0 Å². The van der Waals surface area contributed by atoms with Gasteiger partial charge in [0.15, 0.2) is 0 Å². The first kappa shape index (κ1) is 21.8. The Morgan fingerprint density at radius 2 is 1.79 bits per heavy atom. The van der Waals surface area contributed by atoms with E-state index < -0.39 is 0 Å². The molecule has 2 nitrogen and oxygen atoms in total. The van der Waals surface area contributed by atoms with Gasteiger partial charge in [0.1, 0.15) is 11.3 Å². The molecule has 0 aliphatic heterocycles. The summed E-state index contributed by atoms with van der Waals surface area (Å²) in [6.07, 6.45) is 2.91. The molecule has 0 N–H and O–H groups in total. The van der Waals surface area contributed by atoms with E-state index in [2.05, 4.69) is 83.3 Å². The largest absolute Gasteiger partial charge is 0.460 e. The van der Waals surface area contributed by atoms with E-state index in [1.54, 1.807) is 0 Å². The maximum absolute atomic E-state index is 6.60. The molecule has 6 aromatic rings. The summed E-state index contributed by atoms with van der Waals surface area (Å²) < 4.78 is 10.5. The molecule has 0 saturated carbocycles. The van der Waals surface area contributed by atoms with E-state index in [1.165, 1.54) is 52.3 Å². The van der Waals surface area contributed by atoms with Crippen molar-refractivity contribution in [3.8, 4) is 11.3 Å². The van der Waals surface area contributed by atoms with Gasteiger partial charge in [-0.15, -0.1) is 22.7 Å². The molecule has 0 aliphatic rings. The van der Waals surface area contributed by atoms with E-state index in [1.807, 2.05) is 28.9 Å². The third kappa shape index (κ3) is 3.30. The lowest BCUT2D eigenvalue weighted by molar-refractivity contribution is 0.498. The molecule has 6 rings (SSSR count). The van der Waals surface area contributed by atoms with Crippen LogP contribution in [0.25, 0.3) is 52.5 Å². The number of pyridine rings is 1. The number of nitrogens with zero attached hydrogens (tertiary/aromatic N) is 1. The standard InChI is InChI=1S/C30H29NOS2/c1-16(2)13-22-17(3)20-7-8-23-26(28(20)32-22)25-24(34-23)9-11-31-27(25)19-14-18-10-12-33-29(18)21(15-19)30(4,5)6/h7-12,14-16H,13H2,1-6H3. The maximum Gasteiger partial charge on any atom is 0.143 e. The number of aryl methyl sites for hydroxylation is 1. The predicted molar refractivity (Wildman–Crippen MR) is 150 cm³/mol. The molecular weight excluding hydrogens is 454 g/mol. The zero-order valence-electron chi connectivity index (χ0n) is 20.6. The first-order valence-corrected chi connectivity index (χ1v) is 13.7. The van der Waals surface area contributed by atoms with E-state index in [-0.39, 0.29) is 5.41 Å². The van der Waals surface area contributed by atoms with E-state index >= 15 is 0 Å². The van der Waals surface area contributed by atoms with Gasteiger partial charge in [-0.25, -0.2) is 0 Å². The highest BCUT2D eigenvalue weighted by molar-refractivity contribution is 7.26. The van der Waals surface area contributed by atoms with Crippen LogP contribution in [0.4, 0.5) is 0 Å². The minimum absolute atomic E-state index is 0.0564. The monoisotopic (exact) mass is 483 g/mol. The normalized spacial score (nSPS) is 12.8. The Kier molecular flexibility index (Phi) is 4.91. The van der Waals surface area contributed by atoms with Gasteiger partial charge in [-0.2, -0.15) is 0 Å². The molecule has 0 bridgehead atoms. The first-order chi connectivity index (χ1) is 16.2. The van der Waals surface area contributed by atoms with Crippen molar-refractivity contribution in [2.24, 2.45) is 5.92 Å². The molecule has 172 valence electrons. The molecule has 0 fully saturated rings. The maximum atomic E-state index is 6.60. The molecule has 0 atom stereocenters. The van der Waals surface area contributed by atoms with Crippen molar-refractivity contribution in [1.82, 2.24) is 4.98 Å². The highest BCUT2D eigenvalue weighted by atomic mass is 32.1. The van der Waals surface area contributed by atoms with E-state index in [0.29, 0.717) is 5.92 Å². The molecule has 4 aromatic heterocycles. The van der Waals surface area contributed by atoms with Crippen molar-refractivity contribution in [3.05, 3.63) is 64.9 Å². The van der Waals surface area contributed by atoms with Crippen LogP contribution in [0.3, 0.4) is 0 Å². The second-order valence-electron chi connectivity index (χ2n) is 10.8. The minimum atomic E-state index is 0.0564. The number of hydrogen-bond acceptors (Lipinski definition) is 4. The summed E-state index contributed by atoms with van der Waals surface area (Å²) in [6.45, 7) is 13.6. The molecule has 4 heterocycles. The molecule has 0 unspecified atom stereocenters. The van der Waals surface area contributed by atoms with E-state index in [4.69, 9.17) is 9.40 Å². The quantitative estimate of drug-likeness (QED) is 0.250. The summed E-state index contributed by atoms with van der Waals surface area (Å²) in [4.78, 5) is 4.97. The summed E-state index contributed by atoms with van der Waals surface area (Å²) in [7, 11) is 0. The molecule has 0 aliphatic carbocycles. The lowest BCUT2D eigenvalue weighted by Gasteiger charge is -2.21. The highest BCUT2D eigenvalue weighted by Gasteiger charge is 2.23. The van der Waals surface area contributed by atoms with E-state index in [0.717, 1.165) is 23.5 Å². The Balaban J connectivity index is 1.71. The number of benzene rings is 2. The highest BCUT2D eigenvalue weighted by Crippen LogP contribution is 2.45. The summed E-state index contributed by atoms with van der Waals surface area (Å²) in [5, 5.41) is 7.14. The first-order valence-electron chi connectivity index (χ1n) is 12.0. The number of thiophene rings is 2. The van der Waals surface area contributed by atoms with Crippen LogP contribution in [0.1, 0.15) is 51.5 Å². The number of hydrogen-bond donors (Lipinski definition) is 0. The van der Waals surface area contributed by atoms with Crippen LogP contribution in [0.5, 0.6) is 0 Å². The SMILES string of the molecule is Cc1c(CC(C)C)oc2c1ccc1sc3ccnc(-c4cc(C(C)(C)C)c5sccc5c4)c3c12. The smallest absolute Gasteiger partial charge is 0.143 e. The van der Waals surface area contributed by atoms with Gasteiger partial charge in [-0.3, -0.25) is 4.98 Å². The molecule has 0 spiro atoms. The molecule has 2 aromatic carbocycles. The Morgan fingerprint density at radius 3 is 2.56 bits per heavy atom. The molecule has 0 radical (unpaired) electrons. The van der Waals surface area contributed by atoms with Crippen LogP contribution in [0.15, 0.2) is 52.4 Å². The Morgan fingerprint density at radius 1 is 1.00 bits per heavy atom. The van der Waals surface area contributed by atoms with Gasteiger partial charge >= 0.3 is 0 Å². The average molecular weight is 484 g/mol. The van der Waals surface area contributed by atoms with Crippen LogP contribution in [0.2, 0.25) is 0 Å². The summed E-state index contributed by atoms with van der Waals surface area (Å²) in [5.74, 6) is 1.66. The fourth-order valence-corrected chi connectivity index (χ4v) is 7.29. The van der Waals surface area contributed by atoms with Crippen LogP contribution >= 0.6 is 22.7 Å². The fourth-order valence-electron chi connectivity index (χ4n) is 5.09. The third-order valence-corrected chi connectivity index (χ3v) is 8.86. The molecule has 34 heavy (non-hydrogen) atoms. The van der Waals surface area contributed by atoms with Gasteiger partial charge in [0.2, 0.25) is 0 Å². The van der Waals surface area contributed by atoms with Crippen molar-refractivity contribution < 1.29 is 4.42 Å².